The van der Waals surface area contributed by atoms with Crippen molar-refractivity contribution in [1.29, 1.82) is 0 Å². The Bertz CT molecular complexity index is 293. The Morgan fingerprint density at radius 2 is 2.00 bits per heavy atom. The molecule has 1 aliphatic heterocycles. The van der Waals surface area contributed by atoms with Crippen LogP contribution in [0.5, 0.6) is 0 Å². The lowest BCUT2D eigenvalue weighted by Gasteiger charge is -2.31. The molecule has 0 fully saturated rings. The zero-order valence-corrected chi connectivity index (χ0v) is 9.36. The minimum absolute atomic E-state index is 0.224. The first-order valence-electron chi connectivity index (χ1n) is 5.88. The van der Waals surface area contributed by atoms with E-state index in [1.807, 2.05) is 4.90 Å². The fraction of sp³-hybridized carbons (Fsp3) is 0.615. The predicted octanol–water partition coefficient (Wildman–Crippen LogP) is 2.38. The summed E-state index contributed by atoms with van der Waals surface area (Å²) in [6.45, 7) is 3.90. The number of amides is 1. The molecule has 0 aromatic rings. The Morgan fingerprint density at radius 1 is 1.20 bits per heavy atom. The molecule has 2 heteroatoms. The molecule has 15 heavy (non-hydrogen) atoms. The third-order valence-corrected chi connectivity index (χ3v) is 3.44. The third kappa shape index (κ3) is 2.31. The monoisotopic (exact) mass is 205 g/mol. The molecule has 2 aliphatic rings. The predicted molar refractivity (Wildman–Crippen MR) is 61.4 cm³/mol. The summed E-state index contributed by atoms with van der Waals surface area (Å²) in [5.41, 5.74) is 0. The van der Waals surface area contributed by atoms with Crippen LogP contribution in [0.15, 0.2) is 24.3 Å². The summed E-state index contributed by atoms with van der Waals surface area (Å²) in [6.07, 6.45) is 11.6. The van der Waals surface area contributed by atoms with Crippen LogP contribution in [0.2, 0.25) is 0 Å². The second kappa shape index (κ2) is 4.65. The SMILES string of the molecule is CC1CC=CCC1C(=O)N1CC=CCC1. The number of carbonyl (C=O) groups is 1. The number of carbonyl (C=O) groups excluding carboxylic acids is 1. The fourth-order valence-corrected chi connectivity index (χ4v) is 2.37. The van der Waals surface area contributed by atoms with Crippen molar-refractivity contribution >= 4 is 5.91 Å². The first-order valence-corrected chi connectivity index (χ1v) is 5.88. The molecule has 0 aromatic carbocycles. The average molecular weight is 205 g/mol. The van der Waals surface area contributed by atoms with Crippen LogP contribution in [0.3, 0.4) is 0 Å². The summed E-state index contributed by atoms with van der Waals surface area (Å²) in [7, 11) is 0. The van der Waals surface area contributed by atoms with Crippen LogP contribution in [0.4, 0.5) is 0 Å². The normalized spacial score (nSPS) is 30.6. The van der Waals surface area contributed by atoms with Crippen molar-refractivity contribution in [2.45, 2.75) is 26.2 Å². The van der Waals surface area contributed by atoms with Gasteiger partial charge in [-0.2, -0.15) is 0 Å². The van der Waals surface area contributed by atoms with Crippen molar-refractivity contribution in [1.82, 2.24) is 4.90 Å². The van der Waals surface area contributed by atoms with Gasteiger partial charge in [-0.25, -0.2) is 0 Å². The Kier molecular flexibility index (Phi) is 3.24. The lowest BCUT2D eigenvalue weighted by molar-refractivity contribution is -0.136. The maximum absolute atomic E-state index is 12.2. The van der Waals surface area contributed by atoms with Gasteiger partial charge >= 0.3 is 0 Å². The largest absolute Gasteiger partial charge is 0.338 e. The van der Waals surface area contributed by atoms with Gasteiger partial charge in [-0.3, -0.25) is 4.79 Å². The van der Waals surface area contributed by atoms with Crippen molar-refractivity contribution in [2.75, 3.05) is 13.1 Å². The van der Waals surface area contributed by atoms with Crippen molar-refractivity contribution in [3.05, 3.63) is 24.3 Å². The molecule has 82 valence electrons. The Hall–Kier alpha value is -1.05. The van der Waals surface area contributed by atoms with E-state index in [0.29, 0.717) is 11.8 Å². The quantitative estimate of drug-likeness (QED) is 0.602. The highest BCUT2D eigenvalue weighted by Crippen LogP contribution is 2.27. The van der Waals surface area contributed by atoms with Gasteiger partial charge < -0.3 is 4.90 Å². The fourth-order valence-electron chi connectivity index (χ4n) is 2.37. The van der Waals surface area contributed by atoms with Crippen LogP contribution in [-0.4, -0.2) is 23.9 Å². The van der Waals surface area contributed by atoms with Gasteiger partial charge in [-0.05, 0) is 25.2 Å². The minimum atomic E-state index is 0.224. The van der Waals surface area contributed by atoms with Crippen LogP contribution in [0.1, 0.15) is 26.2 Å². The molecular weight excluding hydrogens is 186 g/mol. The van der Waals surface area contributed by atoms with E-state index in [0.717, 1.165) is 32.4 Å². The second-order valence-corrected chi connectivity index (χ2v) is 4.57. The summed E-state index contributed by atoms with van der Waals surface area (Å²) < 4.78 is 0. The molecule has 2 atom stereocenters. The van der Waals surface area contributed by atoms with Crippen molar-refractivity contribution < 1.29 is 4.79 Å². The molecule has 2 rings (SSSR count). The molecule has 2 nitrogen and oxygen atoms in total. The van der Waals surface area contributed by atoms with Gasteiger partial charge in [0, 0.05) is 19.0 Å². The Labute approximate surface area is 91.6 Å². The molecule has 0 saturated heterocycles. The van der Waals surface area contributed by atoms with Crippen molar-refractivity contribution in [3.8, 4) is 0 Å². The third-order valence-electron chi connectivity index (χ3n) is 3.44. The number of hydrogen-bond donors (Lipinski definition) is 0. The first-order chi connectivity index (χ1) is 7.29. The van der Waals surface area contributed by atoms with E-state index in [9.17, 15) is 4.79 Å². The van der Waals surface area contributed by atoms with Crippen molar-refractivity contribution in [3.63, 3.8) is 0 Å². The highest BCUT2D eigenvalue weighted by molar-refractivity contribution is 5.79. The van der Waals surface area contributed by atoms with E-state index in [4.69, 9.17) is 0 Å². The van der Waals surface area contributed by atoms with Crippen LogP contribution in [0.25, 0.3) is 0 Å². The molecule has 0 bridgehead atoms. The van der Waals surface area contributed by atoms with E-state index < -0.39 is 0 Å². The highest BCUT2D eigenvalue weighted by atomic mass is 16.2. The van der Waals surface area contributed by atoms with Gasteiger partial charge in [0.2, 0.25) is 5.91 Å². The standard InChI is InChI=1S/C13H19NO/c1-11-7-3-4-8-12(11)13(15)14-9-5-2-6-10-14/h2-5,11-12H,6-10H2,1H3. The van der Waals surface area contributed by atoms with E-state index >= 15 is 0 Å². The minimum Gasteiger partial charge on any atom is -0.338 e. The summed E-state index contributed by atoms with van der Waals surface area (Å²) in [6, 6.07) is 0. The number of hydrogen-bond acceptors (Lipinski definition) is 1. The zero-order valence-electron chi connectivity index (χ0n) is 9.36. The molecule has 1 heterocycles. The molecule has 0 spiro atoms. The van der Waals surface area contributed by atoms with Crippen molar-refractivity contribution in [2.24, 2.45) is 11.8 Å². The van der Waals surface area contributed by atoms with E-state index in [1.54, 1.807) is 0 Å². The van der Waals surface area contributed by atoms with Gasteiger partial charge in [0.05, 0.1) is 0 Å². The van der Waals surface area contributed by atoms with Gasteiger partial charge in [-0.1, -0.05) is 31.2 Å². The molecule has 1 amide bonds. The van der Waals surface area contributed by atoms with Gasteiger partial charge in [0.25, 0.3) is 0 Å². The zero-order chi connectivity index (χ0) is 10.7. The molecule has 1 aliphatic carbocycles. The Morgan fingerprint density at radius 3 is 2.67 bits per heavy atom. The van der Waals surface area contributed by atoms with Gasteiger partial charge in [-0.15, -0.1) is 0 Å². The van der Waals surface area contributed by atoms with E-state index in [2.05, 4.69) is 31.2 Å². The highest BCUT2D eigenvalue weighted by Gasteiger charge is 2.29. The van der Waals surface area contributed by atoms with Crippen LogP contribution >= 0.6 is 0 Å². The molecular formula is C13H19NO. The first kappa shape index (κ1) is 10.5. The summed E-state index contributed by atoms with van der Waals surface area (Å²) in [5, 5.41) is 0. The maximum atomic E-state index is 12.2. The lowest BCUT2D eigenvalue weighted by Crippen LogP contribution is -2.40. The van der Waals surface area contributed by atoms with Crippen LogP contribution in [-0.2, 0) is 4.79 Å². The average Bonchev–Trinajstić information content (AvgIpc) is 2.30. The van der Waals surface area contributed by atoms with E-state index in [-0.39, 0.29) is 5.92 Å². The second-order valence-electron chi connectivity index (χ2n) is 4.57. The molecule has 0 N–H and O–H groups in total. The molecule has 0 radical (unpaired) electrons. The van der Waals surface area contributed by atoms with Gasteiger partial charge in [0.1, 0.15) is 0 Å². The Balaban J connectivity index is 2.00. The van der Waals surface area contributed by atoms with Crippen LogP contribution in [0, 0.1) is 11.8 Å². The smallest absolute Gasteiger partial charge is 0.226 e. The molecule has 0 aromatic heterocycles. The van der Waals surface area contributed by atoms with E-state index in [1.165, 1.54) is 0 Å². The summed E-state index contributed by atoms with van der Waals surface area (Å²) in [4.78, 5) is 14.2. The number of nitrogens with zero attached hydrogens (tertiary/aromatic N) is 1. The van der Waals surface area contributed by atoms with Crippen LogP contribution < -0.4 is 0 Å². The number of allylic oxidation sites excluding steroid dienone is 2. The van der Waals surface area contributed by atoms with Gasteiger partial charge in [0.15, 0.2) is 0 Å². The topological polar surface area (TPSA) is 20.3 Å². The molecule has 0 saturated carbocycles. The summed E-state index contributed by atoms with van der Waals surface area (Å²) >= 11 is 0. The molecule has 2 unspecified atom stereocenters. The lowest BCUT2D eigenvalue weighted by atomic mass is 9.83. The summed E-state index contributed by atoms with van der Waals surface area (Å²) in [5.74, 6) is 1.09. The number of rotatable bonds is 1. The maximum Gasteiger partial charge on any atom is 0.226 e.